The number of fused-ring (bicyclic) bond motifs is 2. The summed E-state index contributed by atoms with van der Waals surface area (Å²) < 4.78 is 13.5. The van der Waals surface area contributed by atoms with Gasteiger partial charge in [-0.3, -0.25) is 14.6 Å². The third kappa shape index (κ3) is 4.00. The van der Waals surface area contributed by atoms with Crippen molar-refractivity contribution in [2.24, 2.45) is 29.6 Å². The highest BCUT2D eigenvalue weighted by Crippen LogP contribution is 2.56. The summed E-state index contributed by atoms with van der Waals surface area (Å²) in [6, 6.07) is 10.4. The van der Waals surface area contributed by atoms with Crippen LogP contribution in [0.1, 0.15) is 38.3 Å². The van der Waals surface area contributed by atoms with Crippen LogP contribution >= 0.6 is 11.8 Å². The van der Waals surface area contributed by atoms with Crippen molar-refractivity contribution in [2.45, 2.75) is 37.9 Å². The van der Waals surface area contributed by atoms with Crippen LogP contribution in [-0.2, 0) is 9.59 Å². The number of carbonyl (C=O) groups is 2. The van der Waals surface area contributed by atoms with Crippen molar-refractivity contribution in [3.05, 3.63) is 60.2 Å². The highest BCUT2D eigenvalue weighted by atomic mass is 32.2. The van der Waals surface area contributed by atoms with Crippen molar-refractivity contribution < 1.29 is 14.0 Å². The number of benzene rings is 1. The van der Waals surface area contributed by atoms with Crippen LogP contribution in [-0.4, -0.2) is 21.1 Å². The first-order valence-electron chi connectivity index (χ1n) is 11.1. The minimum absolute atomic E-state index is 0.0742. The molecule has 3 nitrogen and oxygen atoms in total. The number of ketones is 1. The van der Waals surface area contributed by atoms with E-state index in [-0.39, 0.29) is 11.7 Å². The molecule has 3 aliphatic rings. The molecule has 1 aromatic carbocycles. The number of rotatable bonds is 3. The molecule has 5 heteroatoms. The molecular formula is C26H26FNO2S. The van der Waals surface area contributed by atoms with Crippen molar-refractivity contribution in [2.75, 3.05) is 0 Å². The van der Waals surface area contributed by atoms with Crippen LogP contribution in [0.25, 0.3) is 17.2 Å². The van der Waals surface area contributed by atoms with Crippen LogP contribution in [0, 0.1) is 35.4 Å². The van der Waals surface area contributed by atoms with E-state index in [2.05, 4.69) is 24.1 Å². The Morgan fingerprint density at radius 1 is 1.16 bits per heavy atom. The monoisotopic (exact) mass is 435 g/mol. The first-order chi connectivity index (χ1) is 15.0. The van der Waals surface area contributed by atoms with E-state index in [0.29, 0.717) is 52.7 Å². The summed E-state index contributed by atoms with van der Waals surface area (Å²) >= 11 is 1.49. The molecule has 0 spiro atoms. The molecule has 1 aromatic heterocycles. The van der Waals surface area contributed by atoms with Crippen LogP contribution in [0.3, 0.4) is 0 Å². The second-order valence-electron chi connectivity index (χ2n) is 9.19. The normalized spacial score (nSPS) is 32.8. The molecule has 0 unspecified atom stereocenters. The van der Waals surface area contributed by atoms with Crippen molar-refractivity contribution in [1.82, 2.24) is 4.98 Å². The van der Waals surface area contributed by atoms with E-state index < -0.39 is 0 Å². The Morgan fingerprint density at radius 3 is 2.81 bits per heavy atom. The number of aromatic nitrogens is 1. The number of nitrogens with zero attached hydrogens (tertiary/aromatic N) is 1. The Bertz CT molecular complexity index is 1030. The Balaban J connectivity index is 1.40. The minimum Gasteiger partial charge on any atom is -0.300 e. The molecule has 0 N–H and O–H groups in total. The molecule has 2 heterocycles. The molecule has 31 heavy (non-hydrogen) atoms. The minimum atomic E-state index is -0.257. The third-order valence-corrected chi connectivity index (χ3v) is 8.61. The Labute approximate surface area is 186 Å². The number of pyridine rings is 1. The fourth-order valence-corrected chi connectivity index (χ4v) is 7.30. The van der Waals surface area contributed by atoms with Gasteiger partial charge in [0.1, 0.15) is 11.6 Å². The summed E-state index contributed by atoms with van der Waals surface area (Å²) in [4.78, 5) is 29.2. The van der Waals surface area contributed by atoms with Gasteiger partial charge >= 0.3 is 0 Å². The van der Waals surface area contributed by atoms with E-state index in [9.17, 15) is 14.0 Å². The van der Waals surface area contributed by atoms with Crippen molar-refractivity contribution in [1.29, 1.82) is 0 Å². The lowest BCUT2D eigenvalue weighted by Gasteiger charge is -2.46. The van der Waals surface area contributed by atoms with Crippen molar-refractivity contribution in [3.63, 3.8) is 0 Å². The Morgan fingerprint density at radius 2 is 2.03 bits per heavy atom. The van der Waals surface area contributed by atoms with Gasteiger partial charge in [0.05, 0.1) is 5.69 Å². The van der Waals surface area contributed by atoms with Crippen LogP contribution in [0.15, 0.2) is 48.7 Å². The maximum absolute atomic E-state index is 13.5. The van der Waals surface area contributed by atoms with E-state index in [1.54, 1.807) is 12.3 Å². The summed E-state index contributed by atoms with van der Waals surface area (Å²) in [5.41, 5.74) is 2.55. The molecule has 2 aromatic rings. The van der Waals surface area contributed by atoms with Gasteiger partial charge in [0.25, 0.3) is 0 Å². The number of allylic oxidation sites excluding steroid dienone is 1. The molecule has 5 rings (SSSR count). The second kappa shape index (κ2) is 8.34. The van der Waals surface area contributed by atoms with Gasteiger partial charge in [0, 0.05) is 35.8 Å². The molecule has 0 bridgehead atoms. The van der Waals surface area contributed by atoms with Gasteiger partial charge in [-0.05, 0) is 66.4 Å². The van der Waals surface area contributed by atoms with E-state index in [4.69, 9.17) is 0 Å². The quantitative estimate of drug-likeness (QED) is 0.611. The zero-order valence-corrected chi connectivity index (χ0v) is 18.4. The van der Waals surface area contributed by atoms with Crippen molar-refractivity contribution in [3.8, 4) is 11.1 Å². The first-order valence-corrected chi connectivity index (χ1v) is 12.0. The molecule has 2 aliphatic carbocycles. The smallest absolute Gasteiger partial charge is 0.192 e. The molecule has 1 saturated heterocycles. The molecule has 160 valence electrons. The number of halogens is 1. The third-order valence-electron chi connectivity index (χ3n) is 7.39. The number of thioether (sulfide) groups is 1. The number of hydrogen-bond donors (Lipinski definition) is 0. The van der Waals surface area contributed by atoms with Gasteiger partial charge in [0.15, 0.2) is 5.12 Å². The largest absolute Gasteiger partial charge is 0.300 e. The van der Waals surface area contributed by atoms with Gasteiger partial charge in [-0.15, -0.1) is 0 Å². The predicted octanol–water partition coefficient (Wildman–Crippen LogP) is 5.80. The molecule has 6 atom stereocenters. The molecule has 1 aliphatic heterocycles. The number of carbonyl (C=O) groups excluding carboxylic acids is 2. The molecule has 0 radical (unpaired) electrons. The van der Waals surface area contributed by atoms with E-state index >= 15 is 0 Å². The maximum atomic E-state index is 13.5. The summed E-state index contributed by atoms with van der Waals surface area (Å²) in [6.07, 6.45) is 9.20. The average molecular weight is 436 g/mol. The fraction of sp³-hybridized carbons (Fsp3) is 0.423. The van der Waals surface area contributed by atoms with Gasteiger partial charge in [0.2, 0.25) is 0 Å². The lowest BCUT2D eigenvalue weighted by Crippen LogP contribution is -2.44. The van der Waals surface area contributed by atoms with Crippen LogP contribution < -0.4 is 0 Å². The molecule has 3 fully saturated rings. The zero-order valence-electron chi connectivity index (χ0n) is 17.5. The second-order valence-corrected chi connectivity index (χ2v) is 10.6. The Kier molecular flexibility index (Phi) is 5.55. The average Bonchev–Trinajstić information content (AvgIpc) is 3.04. The molecule has 2 saturated carbocycles. The zero-order chi connectivity index (χ0) is 21.5. The standard InChI is InChI=1S/C26H26FNO2S/c1-15-25-23(22-10-8-21(29)12-18(22)13-24(25)26(30)31-15)9-7-20-6-5-17(14-28-20)16-3-2-4-19(27)11-16/h2-7,9,11,14-15,18,22-25H,8,10,12-13H2,1H3/b9-7+/t15-,18+,22-,23+,24-,25+/m1/s1. The van der Waals surface area contributed by atoms with Gasteiger partial charge in [-0.1, -0.05) is 43.0 Å². The van der Waals surface area contributed by atoms with E-state index in [1.807, 2.05) is 18.2 Å². The first kappa shape index (κ1) is 20.6. The van der Waals surface area contributed by atoms with Crippen LogP contribution in [0.4, 0.5) is 4.39 Å². The number of Topliss-reactive ketones (excluding diaryl/α,β-unsaturated/α-hetero) is 1. The highest BCUT2D eigenvalue weighted by Gasteiger charge is 2.53. The molecule has 0 amide bonds. The predicted molar refractivity (Wildman–Crippen MR) is 122 cm³/mol. The summed E-state index contributed by atoms with van der Waals surface area (Å²) in [7, 11) is 0. The van der Waals surface area contributed by atoms with Crippen LogP contribution in [0.2, 0.25) is 0 Å². The summed E-state index contributed by atoms with van der Waals surface area (Å²) in [5, 5.41) is 0.624. The van der Waals surface area contributed by atoms with Gasteiger partial charge in [-0.2, -0.15) is 0 Å². The SMILES string of the molecule is C[C@H]1SC(=O)[C@@H]2C[C@@H]3CC(=O)CC[C@H]3[C@H](/C=C/c3ccc(-c4cccc(F)c4)cn3)[C@H]12. The maximum Gasteiger partial charge on any atom is 0.192 e. The van der Waals surface area contributed by atoms with E-state index in [0.717, 1.165) is 29.7 Å². The van der Waals surface area contributed by atoms with E-state index in [1.165, 1.54) is 23.9 Å². The van der Waals surface area contributed by atoms with Gasteiger partial charge in [-0.25, -0.2) is 4.39 Å². The Hall–Kier alpha value is -2.27. The lowest BCUT2D eigenvalue weighted by molar-refractivity contribution is -0.127. The highest BCUT2D eigenvalue weighted by molar-refractivity contribution is 8.14. The number of hydrogen-bond acceptors (Lipinski definition) is 4. The van der Waals surface area contributed by atoms with Crippen LogP contribution in [0.5, 0.6) is 0 Å². The lowest BCUT2D eigenvalue weighted by atomic mass is 9.57. The fourth-order valence-electron chi connectivity index (χ4n) is 5.98. The molecular weight excluding hydrogens is 409 g/mol. The summed E-state index contributed by atoms with van der Waals surface area (Å²) in [6.45, 7) is 2.18. The van der Waals surface area contributed by atoms with Gasteiger partial charge < -0.3 is 0 Å². The van der Waals surface area contributed by atoms with Crippen molar-refractivity contribution >= 4 is 28.7 Å². The summed E-state index contributed by atoms with van der Waals surface area (Å²) in [5.74, 6) is 1.61. The topological polar surface area (TPSA) is 47.0 Å².